The van der Waals surface area contributed by atoms with Crippen LogP contribution in [0.4, 0.5) is 4.39 Å². The zero-order chi connectivity index (χ0) is 16.2. The van der Waals surface area contributed by atoms with Crippen LogP contribution in [-0.2, 0) is 4.84 Å². The lowest BCUT2D eigenvalue weighted by Gasteiger charge is -2.22. The van der Waals surface area contributed by atoms with E-state index in [0.717, 1.165) is 0 Å². The highest BCUT2D eigenvalue weighted by molar-refractivity contribution is 6.01. The summed E-state index contributed by atoms with van der Waals surface area (Å²) in [5.74, 6) is -0.187. The van der Waals surface area contributed by atoms with Crippen LogP contribution in [0.1, 0.15) is 29.5 Å². The molecule has 0 fully saturated rings. The third-order valence-corrected chi connectivity index (χ3v) is 3.72. The average molecular weight is 316 g/mol. The SMILES string of the molecule is CCN(C[C@@H]1CC(c2cccc(F)c2)=NO1)C(=O)c1ccco1. The molecular weight excluding hydrogens is 299 g/mol. The molecule has 6 heteroatoms. The Labute approximate surface area is 133 Å². The molecule has 0 N–H and O–H groups in total. The molecule has 1 aromatic carbocycles. The van der Waals surface area contributed by atoms with E-state index in [1.807, 2.05) is 6.92 Å². The van der Waals surface area contributed by atoms with Crippen molar-refractivity contribution in [2.24, 2.45) is 5.16 Å². The third kappa shape index (κ3) is 3.41. The fraction of sp³-hybridized carbons (Fsp3) is 0.294. The molecule has 2 heterocycles. The number of rotatable bonds is 5. The van der Waals surface area contributed by atoms with E-state index in [0.29, 0.717) is 36.5 Å². The summed E-state index contributed by atoms with van der Waals surface area (Å²) in [5, 5.41) is 4.03. The first-order valence-corrected chi connectivity index (χ1v) is 7.48. The maximum atomic E-state index is 13.3. The maximum Gasteiger partial charge on any atom is 0.289 e. The highest BCUT2D eigenvalue weighted by Crippen LogP contribution is 2.19. The van der Waals surface area contributed by atoms with Crippen LogP contribution in [0.5, 0.6) is 0 Å². The van der Waals surface area contributed by atoms with Gasteiger partial charge in [0.15, 0.2) is 11.9 Å². The summed E-state index contributed by atoms with van der Waals surface area (Å²) < 4.78 is 18.4. The van der Waals surface area contributed by atoms with E-state index in [1.165, 1.54) is 18.4 Å². The van der Waals surface area contributed by atoms with Crippen molar-refractivity contribution >= 4 is 11.6 Å². The molecule has 0 bridgehead atoms. The van der Waals surface area contributed by atoms with Gasteiger partial charge in [0.1, 0.15) is 5.82 Å². The van der Waals surface area contributed by atoms with Crippen molar-refractivity contribution in [3.63, 3.8) is 0 Å². The number of furan rings is 1. The van der Waals surface area contributed by atoms with E-state index in [9.17, 15) is 9.18 Å². The van der Waals surface area contributed by atoms with Crippen molar-refractivity contribution in [2.45, 2.75) is 19.4 Å². The number of halogens is 1. The summed E-state index contributed by atoms with van der Waals surface area (Å²) in [5.41, 5.74) is 1.39. The van der Waals surface area contributed by atoms with Crippen LogP contribution >= 0.6 is 0 Å². The Hall–Kier alpha value is -2.63. The van der Waals surface area contributed by atoms with Crippen LogP contribution in [0.15, 0.2) is 52.2 Å². The van der Waals surface area contributed by atoms with Gasteiger partial charge in [-0.05, 0) is 31.2 Å². The fourth-order valence-corrected chi connectivity index (χ4v) is 2.52. The number of likely N-dealkylation sites (N-methyl/N-ethyl adjacent to an activating group) is 1. The molecule has 0 saturated heterocycles. The third-order valence-electron chi connectivity index (χ3n) is 3.72. The summed E-state index contributed by atoms with van der Waals surface area (Å²) in [4.78, 5) is 19.4. The molecule has 0 aliphatic carbocycles. The number of benzene rings is 1. The number of amides is 1. The number of hydrogen-bond donors (Lipinski definition) is 0. The topological polar surface area (TPSA) is 55.0 Å². The molecule has 0 spiro atoms. The smallest absolute Gasteiger partial charge is 0.289 e. The first kappa shape index (κ1) is 15.3. The molecule has 0 saturated carbocycles. The second-order valence-corrected chi connectivity index (χ2v) is 5.30. The van der Waals surface area contributed by atoms with Crippen LogP contribution in [0.25, 0.3) is 0 Å². The molecule has 1 aliphatic heterocycles. The number of carbonyl (C=O) groups excluding carboxylic acids is 1. The van der Waals surface area contributed by atoms with Gasteiger partial charge in [-0.15, -0.1) is 0 Å². The minimum absolute atomic E-state index is 0.180. The van der Waals surface area contributed by atoms with Crippen molar-refractivity contribution < 1.29 is 18.4 Å². The summed E-state index contributed by atoms with van der Waals surface area (Å²) in [7, 11) is 0. The van der Waals surface area contributed by atoms with Crippen LogP contribution < -0.4 is 0 Å². The molecule has 1 atom stereocenters. The van der Waals surface area contributed by atoms with Crippen molar-refractivity contribution in [3.05, 3.63) is 59.8 Å². The van der Waals surface area contributed by atoms with Gasteiger partial charge in [-0.25, -0.2) is 4.39 Å². The van der Waals surface area contributed by atoms with Gasteiger partial charge in [0.2, 0.25) is 0 Å². The molecule has 23 heavy (non-hydrogen) atoms. The van der Waals surface area contributed by atoms with Gasteiger partial charge in [-0.1, -0.05) is 17.3 Å². The second kappa shape index (κ2) is 6.64. The number of nitrogens with zero attached hydrogens (tertiary/aromatic N) is 2. The Kier molecular flexibility index (Phi) is 4.41. The van der Waals surface area contributed by atoms with Crippen LogP contribution in [0, 0.1) is 5.82 Å². The molecule has 1 aromatic heterocycles. The molecule has 5 nitrogen and oxygen atoms in total. The van der Waals surface area contributed by atoms with Gasteiger partial charge in [-0.3, -0.25) is 4.79 Å². The Balaban J connectivity index is 1.62. The monoisotopic (exact) mass is 316 g/mol. The quantitative estimate of drug-likeness (QED) is 0.852. The molecule has 2 aromatic rings. The number of hydrogen-bond acceptors (Lipinski definition) is 4. The largest absolute Gasteiger partial charge is 0.459 e. The van der Waals surface area contributed by atoms with Crippen LogP contribution in [-0.4, -0.2) is 35.7 Å². The summed E-state index contributed by atoms with van der Waals surface area (Å²) in [6, 6.07) is 9.56. The molecule has 3 rings (SSSR count). The van der Waals surface area contributed by atoms with Gasteiger partial charge in [0.25, 0.3) is 5.91 Å². The molecule has 120 valence electrons. The first-order chi connectivity index (χ1) is 11.2. The zero-order valence-corrected chi connectivity index (χ0v) is 12.7. The zero-order valence-electron chi connectivity index (χ0n) is 12.7. The standard InChI is InChI=1S/C17H17FN2O3/c1-2-20(17(21)16-7-4-8-22-16)11-14-10-15(19-23-14)12-5-3-6-13(18)9-12/h3-9,14H,2,10-11H2,1H3/t14-/m0/s1. The van der Waals surface area contributed by atoms with Gasteiger partial charge in [-0.2, -0.15) is 0 Å². The van der Waals surface area contributed by atoms with E-state index < -0.39 is 0 Å². The molecule has 1 amide bonds. The molecule has 0 unspecified atom stereocenters. The minimum atomic E-state index is -0.308. The lowest BCUT2D eigenvalue weighted by molar-refractivity contribution is 0.0418. The maximum absolute atomic E-state index is 13.3. The Morgan fingerprint density at radius 3 is 2.96 bits per heavy atom. The van der Waals surface area contributed by atoms with Gasteiger partial charge in [0, 0.05) is 18.5 Å². The van der Waals surface area contributed by atoms with Gasteiger partial charge < -0.3 is 14.2 Å². The van der Waals surface area contributed by atoms with Crippen molar-refractivity contribution in [3.8, 4) is 0 Å². The van der Waals surface area contributed by atoms with Crippen molar-refractivity contribution in [2.75, 3.05) is 13.1 Å². The van der Waals surface area contributed by atoms with Gasteiger partial charge in [0.05, 0.1) is 18.5 Å². The summed E-state index contributed by atoms with van der Waals surface area (Å²) >= 11 is 0. The Morgan fingerprint density at radius 1 is 1.39 bits per heavy atom. The first-order valence-electron chi connectivity index (χ1n) is 7.48. The van der Waals surface area contributed by atoms with E-state index in [-0.39, 0.29) is 17.8 Å². The molecule has 0 radical (unpaired) electrons. The highest BCUT2D eigenvalue weighted by Gasteiger charge is 2.27. The highest BCUT2D eigenvalue weighted by atomic mass is 19.1. The second-order valence-electron chi connectivity index (χ2n) is 5.30. The summed E-state index contributed by atoms with van der Waals surface area (Å²) in [6.45, 7) is 2.83. The minimum Gasteiger partial charge on any atom is -0.459 e. The van der Waals surface area contributed by atoms with E-state index in [2.05, 4.69) is 5.16 Å². The fourth-order valence-electron chi connectivity index (χ4n) is 2.52. The van der Waals surface area contributed by atoms with Crippen LogP contribution in [0.2, 0.25) is 0 Å². The number of oxime groups is 1. The lowest BCUT2D eigenvalue weighted by Crippen LogP contribution is -2.37. The lowest BCUT2D eigenvalue weighted by atomic mass is 10.0. The van der Waals surface area contributed by atoms with E-state index >= 15 is 0 Å². The van der Waals surface area contributed by atoms with E-state index in [1.54, 1.807) is 29.2 Å². The van der Waals surface area contributed by atoms with Gasteiger partial charge >= 0.3 is 0 Å². The Bertz CT molecular complexity index is 712. The molecule has 1 aliphatic rings. The predicted molar refractivity (Wildman–Crippen MR) is 82.7 cm³/mol. The molecular formula is C17H17FN2O3. The Morgan fingerprint density at radius 2 is 2.26 bits per heavy atom. The van der Waals surface area contributed by atoms with E-state index in [4.69, 9.17) is 9.25 Å². The summed E-state index contributed by atoms with van der Waals surface area (Å²) in [6.07, 6.45) is 1.76. The normalized spacial score (nSPS) is 16.8. The van der Waals surface area contributed by atoms with Crippen molar-refractivity contribution in [1.82, 2.24) is 4.90 Å². The predicted octanol–water partition coefficient (Wildman–Crippen LogP) is 3.07. The van der Waals surface area contributed by atoms with Crippen LogP contribution in [0.3, 0.4) is 0 Å². The van der Waals surface area contributed by atoms with Crippen molar-refractivity contribution in [1.29, 1.82) is 0 Å². The average Bonchev–Trinajstić information content (AvgIpc) is 3.23. The number of carbonyl (C=O) groups is 1.